The van der Waals surface area contributed by atoms with Crippen LogP contribution in [-0.2, 0) is 19.4 Å². The van der Waals surface area contributed by atoms with Crippen LogP contribution in [0.1, 0.15) is 42.6 Å². The molecule has 2 heterocycles. The van der Waals surface area contributed by atoms with E-state index in [4.69, 9.17) is 5.73 Å². The van der Waals surface area contributed by atoms with Gasteiger partial charge in [0.05, 0.1) is 5.69 Å². The minimum Gasteiger partial charge on any atom is -0.327 e. The Bertz CT molecular complexity index is 385. The number of fused-ring (bicyclic) bond motifs is 1. The van der Waals surface area contributed by atoms with Crippen molar-refractivity contribution in [3.8, 4) is 0 Å². The summed E-state index contributed by atoms with van der Waals surface area (Å²) in [7, 11) is 0. The van der Waals surface area contributed by atoms with E-state index in [2.05, 4.69) is 15.1 Å². The fourth-order valence-corrected chi connectivity index (χ4v) is 3.13. The minimum absolute atomic E-state index is 0.360. The molecule has 1 atom stereocenters. The molecule has 0 radical (unpaired) electrons. The summed E-state index contributed by atoms with van der Waals surface area (Å²) in [6, 6.07) is 0.360. The highest BCUT2D eigenvalue weighted by atomic mass is 15.2. The number of hydrogen-bond acceptors (Lipinski definition) is 3. The summed E-state index contributed by atoms with van der Waals surface area (Å²) in [6.07, 6.45) is 7.42. The topological polar surface area (TPSA) is 57.9 Å². The number of nitrogens with two attached hydrogens (primary N) is 1. The van der Waals surface area contributed by atoms with Crippen molar-refractivity contribution in [2.24, 2.45) is 5.73 Å². The molecule has 1 fully saturated rings. The van der Waals surface area contributed by atoms with Gasteiger partial charge in [0.1, 0.15) is 0 Å². The molecule has 0 unspecified atom stereocenters. The van der Waals surface area contributed by atoms with Crippen LogP contribution in [-0.4, -0.2) is 34.2 Å². The van der Waals surface area contributed by atoms with E-state index in [9.17, 15) is 0 Å². The number of nitrogens with one attached hydrogen (secondary N) is 1. The first-order valence-corrected chi connectivity index (χ1v) is 6.86. The van der Waals surface area contributed by atoms with Crippen molar-refractivity contribution in [3.63, 3.8) is 0 Å². The molecule has 3 rings (SSSR count). The highest BCUT2D eigenvalue weighted by Gasteiger charge is 2.21. The van der Waals surface area contributed by atoms with Gasteiger partial charge < -0.3 is 5.73 Å². The monoisotopic (exact) mass is 234 g/mol. The van der Waals surface area contributed by atoms with Crippen molar-refractivity contribution >= 4 is 0 Å². The molecule has 4 heteroatoms. The zero-order valence-electron chi connectivity index (χ0n) is 10.4. The molecule has 0 spiro atoms. The molecule has 3 N–H and O–H groups in total. The molecule has 94 valence electrons. The van der Waals surface area contributed by atoms with Crippen LogP contribution in [0.3, 0.4) is 0 Å². The largest absolute Gasteiger partial charge is 0.327 e. The lowest BCUT2D eigenvalue weighted by molar-refractivity contribution is 0.199. The van der Waals surface area contributed by atoms with Crippen LogP contribution in [0.15, 0.2) is 0 Å². The molecule has 0 saturated carbocycles. The maximum Gasteiger partial charge on any atom is 0.0797 e. The highest BCUT2D eigenvalue weighted by Crippen LogP contribution is 2.23. The van der Waals surface area contributed by atoms with Crippen LogP contribution in [0.4, 0.5) is 0 Å². The minimum atomic E-state index is 0.360. The van der Waals surface area contributed by atoms with Gasteiger partial charge in [0.25, 0.3) is 0 Å². The number of nitrogens with zero attached hydrogens (tertiary/aromatic N) is 2. The molecule has 1 aromatic heterocycles. The van der Waals surface area contributed by atoms with E-state index in [1.54, 1.807) is 0 Å². The van der Waals surface area contributed by atoms with E-state index in [-0.39, 0.29) is 0 Å². The van der Waals surface area contributed by atoms with E-state index in [0.717, 1.165) is 13.1 Å². The molecule has 17 heavy (non-hydrogen) atoms. The molecular formula is C13H22N4. The van der Waals surface area contributed by atoms with Crippen LogP contribution < -0.4 is 5.73 Å². The summed E-state index contributed by atoms with van der Waals surface area (Å²) >= 11 is 0. The predicted octanol–water partition coefficient (Wildman–Crippen LogP) is 1.21. The average Bonchev–Trinajstić information content (AvgIpc) is 2.73. The van der Waals surface area contributed by atoms with Crippen LogP contribution in [0.25, 0.3) is 0 Å². The molecule has 0 aromatic carbocycles. The molecule has 1 aromatic rings. The SMILES string of the molecule is N[C@H]1CCCN(Cc2n[nH]c3c2CCCC3)C1. The van der Waals surface area contributed by atoms with Crippen molar-refractivity contribution in [1.82, 2.24) is 15.1 Å². The van der Waals surface area contributed by atoms with Gasteiger partial charge in [-0.25, -0.2) is 0 Å². The Labute approximate surface area is 103 Å². The van der Waals surface area contributed by atoms with Crippen LogP contribution in [0, 0.1) is 0 Å². The maximum absolute atomic E-state index is 6.02. The number of aryl methyl sites for hydroxylation is 1. The van der Waals surface area contributed by atoms with Crippen LogP contribution in [0.2, 0.25) is 0 Å². The van der Waals surface area contributed by atoms with Crippen LogP contribution in [0.5, 0.6) is 0 Å². The third kappa shape index (κ3) is 2.38. The molecular weight excluding hydrogens is 212 g/mol. The lowest BCUT2D eigenvalue weighted by Crippen LogP contribution is -2.42. The predicted molar refractivity (Wildman–Crippen MR) is 67.7 cm³/mol. The Morgan fingerprint density at radius 2 is 2.18 bits per heavy atom. The van der Waals surface area contributed by atoms with Gasteiger partial charge in [-0.3, -0.25) is 10.00 Å². The number of aromatic nitrogens is 2. The van der Waals surface area contributed by atoms with Crippen molar-refractivity contribution in [3.05, 3.63) is 17.0 Å². The van der Waals surface area contributed by atoms with Gasteiger partial charge in [-0.1, -0.05) is 0 Å². The smallest absolute Gasteiger partial charge is 0.0797 e. The normalized spacial score (nSPS) is 25.8. The zero-order chi connectivity index (χ0) is 11.7. The Morgan fingerprint density at radius 3 is 3.06 bits per heavy atom. The van der Waals surface area contributed by atoms with Gasteiger partial charge in [0.2, 0.25) is 0 Å². The van der Waals surface area contributed by atoms with Gasteiger partial charge in [0.15, 0.2) is 0 Å². The number of likely N-dealkylation sites (tertiary alicyclic amines) is 1. The van der Waals surface area contributed by atoms with E-state index < -0.39 is 0 Å². The quantitative estimate of drug-likeness (QED) is 0.808. The average molecular weight is 234 g/mol. The summed E-state index contributed by atoms with van der Waals surface area (Å²) in [6.45, 7) is 3.19. The third-order valence-electron chi connectivity index (χ3n) is 4.06. The molecule has 1 aliphatic heterocycles. The molecule has 0 amide bonds. The first kappa shape index (κ1) is 11.2. The van der Waals surface area contributed by atoms with Gasteiger partial charge in [-0.15, -0.1) is 0 Å². The Hall–Kier alpha value is -0.870. The summed E-state index contributed by atoms with van der Waals surface area (Å²) in [5.74, 6) is 0. The van der Waals surface area contributed by atoms with E-state index in [1.165, 1.54) is 62.0 Å². The Balaban J connectivity index is 1.70. The standard InChI is InChI=1S/C13H22N4/c14-10-4-3-7-17(8-10)9-13-11-5-1-2-6-12(11)15-16-13/h10H,1-9,14H2,(H,15,16)/t10-/m0/s1. The third-order valence-corrected chi connectivity index (χ3v) is 4.06. The van der Waals surface area contributed by atoms with Crippen molar-refractivity contribution in [1.29, 1.82) is 0 Å². The van der Waals surface area contributed by atoms with E-state index in [0.29, 0.717) is 6.04 Å². The first-order valence-electron chi connectivity index (χ1n) is 6.86. The zero-order valence-corrected chi connectivity index (χ0v) is 10.4. The second-order valence-electron chi connectivity index (χ2n) is 5.47. The fourth-order valence-electron chi connectivity index (χ4n) is 3.13. The van der Waals surface area contributed by atoms with E-state index >= 15 is 0 Å². The van der Waals surface area contributed by atoms with Crippen molar-refractivity contribution in [2.45, 2.75) is 51.1 Å². The lowest BCUT2D eigenvalue weighted by atomic mass is 9.95. The number of H-pyrrole nitrogens is 1. The molecule has 1 aliphatic carbocycles. The molecule has 2 aliphatic rings. The fraction of sp³-hybridized carbons (Fsp3) is 0.769. The van der Waals surface area contributed by atoms with Crippen molar-refractivity contribution < 1.29 is 0 Å². The Kier molecular flexibility index (Phi) is 3.16. The summed E-state index contributed by atoms with van der Waals surface area (Å²) in [4.78, 5) is 2.46. The van der Waals surface area contributed by atoms with Crippen molar-refractivity contribution in [2.75, 3.05) is 13.1 Å². The van der Waals surface area contributed by atoms with Gasteiger partial charge >= 0.3 is 0 Å². The molecule has 4 nitrogen and oxygen atoms in total. The summed E-state index contributed by atoms with van der Waals surface area (Å²) in [5, 5.41) is 7.73. The number of aromatic amines is 1. The second kappa shape index (κ2) is 4.78. The van der Waals surface area contributed by atoms with E-state index in [1.807, 2.05) is 0 Å². The molecule has 0 bridgehead atoms. The highest BCUT2D eigenvalue weighted by molar-refractivity contribution is 5.27. The summed E-state index contributed by atoms with van der Waals surface area (Å²) in [5.41, 5.74) is 10.2. The number of hydrogen-bond donors (Lipinski definition) is 2. The Morgan fingerprint density at radius 1 is 1.29 bits per heavy atom. The number of rotatable bonds is 2. The summed E-state index contributed by atoms with van der Waals surface area (Å²) < 4.78 is 0. The molecule has 1 saturated heterocycles. The van der Waals surface area contributed by atoms with Gasteiger partial charge in [-0.05, 0) is 50.6 Å². The number of piperidine rings is 1. The maximum atomic E-state index is 6.02. The second-order valence-corrected chi connectivity index (χ2v) is 5.47. The van der Waals surface area contributed by atoms with Crippen LogP contribution >= 0.6 is 0 Å². The first-order chi connectivity index (χ1) is 8.33. The van der Waals surface area contributed by atoms with Gasteiger partial charge in [0, 0.05) is 24.8 Å². The lowest BCUT2D eigenvalue weighted by Gasteiger charge is -2.30. The van der Waals surface area contributed by atoms with Gasteiger partial charge in [-0.2, -0.15) is 5.10 Å².